The number of nitrogens with one attached hydrogen (secondary N) is 2. The van der Waals surface area contributed by atoms with E-state index in [1.807, 2.05) is 0 Å². The monoisotopic (exact) mass is 723 g/mol. The van der Waals surface area contributed by atoms with E-state index < -0.39 is 18.0 Å². The number of unbranched alkanes of at least 4 members (excludes halogenated alkanes) is 14. The summed E-state index contributed by atoms with van der Waals surface area (Å²) in [5, 5.41) is 18.9. The van der Waals surface area contributed by atoms with Crippen LogP contribution in [0.4, 0.5) is 0 Å². The van der Waals surface area contributed by atoms with Crippen molar-refractivity contribution in [3.8, 4) is 11.8 Å². The Hall–Kier alpha value is -3.98. The smallest absolute Gasteiger partial charge is 0.333 e. The molecule has 1 fully saturated rings. The number of hydrogen-bond acceptors (Lipinski definition) is 14. The van der Waals surface area contributed by atoms with E-state index in [4.69, 9.17) is 19.2 Å². The summed E-state index contributed by atoms with van der Waals surface area (Å²) in [6.45, 7) is 1.12. The minimum atomic E-state index is -1.19. The van der Waals surface area contributed by atoms with E-state index in [9.17, 15) is 39.0 Å². The number of ketones is 2. The maximum Gasteiger partial charge on any atom is 0.333 e. The molecule has 51 heavy (non-hydrogen) atoms. The lowest BCUT2D eigenvalue weighted by atomic mass is 10.1. The highest BCUT2D eigenvalue weighted by molar-refractivity contribution is 6.12. The zero-order valence-corrected chi connectivity index (χ0v) is 29.8. The molecular formula is C36H57N3O12. The van der Waals surface area contributed by atoms with Gasteiger partial charge in [0.25, 0.3) is 0 Å². The van der Waals surface area contributed by atoms with Gasteiger partial charge in [-0.3, -0.25) is 24.0 Å². The Morgan fingerprint density at radius 3 is 1.33 bits per heavy atom. The second kappa shape index (κ2) is 26.8. The molecule has 4 N–H and O–H groups in total. The van der Waals surface area contributed by atoms with Gasteiger partial charge >= 0.3 is 23.9 Å². The SMILES string of the molecule is O=C(CCCCCCCCCC(=O)ONCCCCCCCC(=O)On1c(O)ccc1O)ONCCCCCCCC(=O)OC1C(=O)CCC1=O. The quantitative estimate of drug-likeness (QED) is 0.0271. The molecule has 0 aromatic carbocycles. The summed E-state index contributed by atoms with van der Waals surface area (Å²) in [7, 11) is 0. The van der Waals surface area contributed by atoms with Crippen LogP contribution in [0.1, 0.15) is 148 Å². The van der Waals surface area contributed by atoms with E-state index in [0.717, 1.165) is 96.3 Å². The molecule has 0 spiro atoms. The molecule has 1 aliphatic carbocycles. The van der Waals surface area contributed by atoms with Crippen LogP contribution in [-0.2, 0) is 43.2 Å². The third-order valence-corrected chi connectivity index (χ3v) is 8.40. The largest absolute Gasteiger partial charge is 0.492 e. The Balaban J connectivity index is 1.25. The van der Waals surface area contributed by atoms with Crippen LogP contribution in [0.5, 0.6) is 11.8 Å². The maximum atomic E-state index is 11.9. The predicted molar refractivity (Wildman–Crippen MR) is 184 cm³/mol. The van der Waals surface area contributed by atoms with Crippen molar-refractivity contribution < 1.29 is 58.2 Å². The number of carbonyl (C=O) groups excluding carboxylic acids is 6. The Morgan fingerprint density at radius 1 is 0.549 bits per heavy atom. The number of Topliss-reactive ketones (excluding diaryl/α,β-unsaturated/α-hetero) is 2. The summed E-state index contributed by atoms with van der Waals surface area (Å²) in [5.41, 5.74) is 5.42. The van der Waals surface area contributed by atoms with Gasteiger partial charge in [-0.1, -0.05) is 70.6 Å². The minimum Gasteiger partial charge on any atom is -0.492 e. The van der Waals surface area contributed by atoms with Gasteiger partial charge in [-0.2, -0.15) is 11.0 Å². The zero-order chi connectivity index (χ0) is 37.1. The fourth-order valence-corrected chi connectivity index (χ4v) is 5.43. The number of nitrogens with zero attached hydrogens (tertiary/aromatic N) is 1. The van der Waals surface area contributed by atoms with Crippen molar-refractivity contribution in [2.75, 3.05) is 13.1 Å². The molecule has 0 radical (unpaired) electrons. The highest BCUT2D eigenvalue weighted by Gasteiger charge is 2.35. The minimum absolute atomic E-state index is 0.155. The Kier molecular flexibility index (Phi) is 22.7. The van der Waals surface area contributed by atoms with E-state index in [-0.39, 0.29) is 60.9 Å². The molecule has 1 aromatic rings. The summed E-state index contributed by atoms with van der Waals surface area (Å²) in [5.74, 6) is -2.89. The van der Waals surface area contributed by atoms with Gasteiger partial charge < -0.3 is 29.5 Å². The lowest BCUT2D eigenvalue weighted by Crippen LogP contribution is -2.28. The molecule has 0 aliphatic heterocycles. The second-order valence-electron chi connectivity index (χ2n) is 12.9. The van der Waals surface area contributed by atoms with E-state index in [0.29, 0.717) is 43.5 Å². The molecule has 1 aliphatic rings. The van der Waals surface area contributed by atoms with E-state index in [2.05, 4.69) is 11.0 Å². The summed E-state index contributed by atoms with van der Waals surface area (Å²) >= 11 is 0. The topological polar surface area (TPSA) is 209 Å². The van der Waals surface area contributed by atoms with Crippen LogP contribution in [0.3, 0.4) is 0 Å². The average molecular weight is 724 g/mol. The Labute approximate surface area is 299 Å². The van der Waals surface area contributed by atoms with Crippen molar-refractivity contribution in [2.45, 2.75) is 154 Å². The number of rotatable bonds is 30. The fraction of sp³-hybridized carbons (Fsp3) is 0.722. The predicted octanol–water partition coefficient (Wildman–Crippen LogP) is 4.99. The maximum absolute atomic E-state index is 11.9. The van der Waals surface area contributed by atoms with Crippen LogP contribution in [0.25, 0.3) is 0 Å². The highest BCUT2D eigenvalue weighted by atomic mass is 16.7. The zero-order valence-electron chi connectivity index (χ0n) is 29.8. The van der Waals surface area contributed by atoms with Crippen LogP contribution in [0.2, 0.25) is 0 Å². The number of ether oxygens (including phenoxy) is 1. The highest BCUT2D eigenvalue weighted by Crippen LogP contribution is 2.19. The van der Waals surface area contributed by atoms with Gasteiger partial charge in [-0.05, 0) is 38.5 Å². The van der Waals surface area contributed by atoms with Crippen molar-refractivity contribution in [1.29, 1.82) is 0 Å². The van der Waals surface area contributed by atoms with Crippen molar-refractivity contribution in [2.24, 2.45) is 0 Å². The first-order chi connectivity index (χ1) is 24.7. The summed E-state index contributed by atoms with van der Waals surface area (Å²) < 4.78 is 5.68. The second-order valence-corrected chi connectivity index (χ2v) is 12.9. The normalized spacial score (nSPS) is 13.0. The molecule has 15 heteroatoms. The first-order valence-electron chi connectivity index (χ1n) is 18.6. The summed E-state index contributed by atoms with van der Waals surface area (Å²) in [4.78, 5) is 85.4. The fourth-order valence-electron chi connectivity index (χ4n) is 5.43. The van der Waals surface area contributed by atoms with Crippen molar-refractivity contribution in [3.63, 3.8) is 0 Å². The molecule has 0 saturated heterocycles. The molecule has 288 valence electrons. The number of hydrogen-bond donors (Lipinski definition) is 4. The van der Waals surface area contributed by atoms with Crippen molar-refractivity contribution in [1.82, 2.24) is 15.7 Å². The van der Waals surface area contributed by atoms with Crippen LogP contribution >= 0.6 is 0 Å². The molecular weight excluding hydrogens is 666 g/mol. The van der Waals surface area contributed by atoms with Crippen molar-refractivity contribution >= 4 is 35.4 Å². The van der Waals surface area contributed by atoms with Gasteiger partial charge in [0.2, 0.25) is 17.9 Å². The lowest BCUT2D eigenvalue weighted by Gasteiger charge is -2.09. The van der Waals surface area contributed by atoms with Crippen LogP contribution < -0.4 is 15.8 Å². The van der Waals surface area contributed by atoms with Gasteiger partial charge in [0.15, 0.2) is 11.6 Å². The van der Waals surface area contributed by atoms with Gasteiger partial charge in [-0.25, -0.2) is 4.79 Å². The third kappa shape index (κ3) is 20.5. The van der Waals surface area contributed by atoms with Gasteiger partial charge in [0.1, 0.15) is 0 Å². The van der Waals surface area contributed by atoms with Crippen molar-refractivity contribution in [3.05, 3.63) is 12.1 Å². The number of hydroxylamine groups is 2. The molecule has 15 nitrogen and oxygen atoms in total. The molecule has 1 heterocycles. The van der Waals surface area contributed by atoms with Gasteiger partial charge in [-0.15, -0.1) is 4.73 Å². The van der Waals surface area contributed by atoms with Crippen LogP contribution in [0.15, 0.2) is 12.1 Å². The van der Waals surface area contributed by atoms with E-state index in [1.54, 1.807) is 0 Å². The molecule has 1 saturated carbocycles. The Bertz CT molecular complexity index is 1180. The lowest BCUT2D eigenvalue weighted by molar-refractivity contribution is -0.157. The van der Waals surface area contributed by atoms with Crippen LogP contribution in [0, 0.1) is 0 Å². The average Bonchev–Trinajstić information content (AvgIpc) is 3.59. The Morgan fingerprint density at radius 2 is 0.902 bits per heavy atom. The first-order valence-corrected chi connectivity index (χ1v) is 18.6. The summed E-state index contributed by atoms with van der Waals surface area (Å²) in [6.07, 6.45) is 15.0. The molecule has 0 amide bonds. The standard InChI is InChI=1S/C36H57N3O12/c40-28-22-23-29(41)36(28)48-32(44)18-12-8-4-10-16-26-37-49-33(45)19-13-6-2-1-3-7-14-20-34(46)50-38-27-17-11-5-9-15-21-35(47)51-39-30(42)24-25-31(39)43/h24-25,36-38,42-43H,1-23,26-27H2. The molecule has 1 aromatic heterocycles. The third-order valence-electron chi connectivity index (χ3n) is 8.40. The van der Waals surface area contributed by atoms with Gasteiger partial charge in [0, 0.05) is 63.7 Å². The van der Waals surface area contributed by atoms with Crippen LogP contribution in [-0.4, -0.2) is 69.6 Å². The number of aromatic hydroxyl groups is 2. The number of aromatic nitrogens is 1. The molecule has 0 atom stereocenters. The molecule has 2 rings (SSSR count). The summed E-state index contributed by atoms with van der Waals surface area (Å²) in [6, 6.07) is 2.45. The number of carbonyl (C=O) groups is 6. The molecule has 0 unspecified atom stereocenters. The van der Waals surface area contributed by atoms with E-state index in [1.165, 1.54) is 12.1 Å². The number of esters is 1. The van der Waals surface area contributed by atoms with Gasteiger partial charge in [0.05, 0.1) is 0 Å². The molecule has 0 bridgehead atoms. The first kappa shape index (κ1) is 43.2. The van der Waals surface area contributed by atoms with E-state index >= 15 is 0 Å².